The highest BCUT2D eigenvalue weighted by molar-refractivity contribution is 9.09. The Bertz CT molecular complexity index is 596. The van der Waals surface area contributed by atoms with Crippen LogP contribution >= 0.6 is 15.9 Å². The van der Waals surface area contributed by atoms with Crippen molar-refractivity contribution in [1.29, 1.82) is 0 Å². The van der Waals surface area contributed by atoms with Crippen LogP contribution in [-0.4, -0.2) is 32.6 Å². The molecule has 5 nitrogen and oxygen atoms in total. The van der Waals surface area contributed by atoms with E-state index in [-0.39, 0.29) is 23.3 Å². The Morgan fingerprint density at radius 1 is 1.33 bits per heavy atom. The third kappa shape index (κ3) is 2.54. The number of nitro benzene ring substituents is 1. The number of amides is 1. The van der Waals surface area contributed by atoms with Crippen molar-refractivity contribution in [1.82, 2.24) is 4.90 Å². The highest BCUT2D eigenvalue weighted by Gasteiger charge is 2.44. The van der Waals surface area contributed by atoms with E-state index >= 15 is 0 Å². The van der Waals surface area contributed by atoms with Crippen LogP contribution < -0.4 is 0 Å². The number of alkyl halides is 1. The second kappa shape index (κ2) is 5.36. The van der Waals surface area contributed by atoms with Crippen molar-refractivity contribution >= 4 is 27.5 Å². The molecule has 2 heterocycles. The van der Waals surface area contributed by atoms with Crippen molar-refractivity contribution < 1.29 is 14.1 Å². The van der Waals surface area contributed by atoms with Crippen molar-refractivity contribution in [2.75, 3.05) is 0 Å². The lowest BCUT2D eigenvalue weighted by Gasteiger charge is -2.37. The number of benzene rings is 1. The molecule has 2 bridgehead atoms. The van der Waals surface area contributed by atoms with E-state index in [0.717, 1.165) is 43.9 Å². The maximum atomic E-state index is 13.4. The van der Waals surface area contributed by atoms with Crippen LogP contribution in [0.15, 0.2) is 18.2 Å². The van der Waals surface area contributed by atoms with E-state index in [4.69, 9.17) is 0 Å². The number of rotatable bonds is 2. The van der Waals surface area contributed by atoms with Gasteiger partial charge in [0.2, 0.25) is 0 Å². The Labute approximate surface area is 129 Å². The molecule has 0 aromatic heterocycles. The summed E-state index contributed by atoms with van der Waals surface area (Å²) in [6.07, 6.45) is 3.49. The second-order valence-electron chi connectivity index (χ2n) is 5.58. The zero-order chi connectivity index (χ0) is 15.1. The van der Waals surface area contributed by atoms with Gasteiger partial charge in [0.15, 0.2) is 0 Å². The molecule has 112 valence electrons. The average Bonchev–Trinajstić information content (AvgIpc) is 2.69. The van der Waals surface area contributed by atoms with E-state index in [1.165, 1.54) is 0 Å². The van der Waals surface area contributed by atoms with Gasteiger partial charge in [-0.1, -0.05) is 15.9 Å². The van der Waals surface area contributed by atoms with E-state index in [1.54, 1.807) is 4.90 Å². The Balaban J connectivity index is 1.96. The quantitative estimate of drug-likeness (QED) is 0.464. The summed E-state index contributed by atoms with van der Waals surface area (Å²) < 4.78 is 13.4. The van der Waals surface area contributed by atoms with Crippen molar-refractivity contribution in [3.63, 3.8) is 0 Å². The minimum atomic E-state index is -0.633. The number of hydrogen-bond donors (Lipinski definition) is 0. The third-order valence-corrected chi connectivity index (χ3v) is 5.04. The van der Waals surface area contributed by atoms with E-state index in [2.05, 4.69) is 15.9 Å². The van der Waals surface area contributed by atoms with Gasteiger partial charge in [-0.15, -0.1) is 0 Å². The summed E-state index contributed by atoms with van der Waals surface area (Å²) in [5.41, 5.74) is -0.480. The van der Waals surface area contributed by atoms with Crippen LogP contribution in [0.4, 0.5) is 10.1 Å². The molecule has 2 atom stereocenters. The molecule has 2 unspecified atom stereocenters. The van der Waals surface area contributed by atoms with E-state index in [0.29, 0.717) is 4.83 Å². The Morgan fingerprint density at radius 3 is 2.52 bits per heavy atom. The van der Waals surface area contributed by atoms with Crippen LogP contribution in [0.3, 0.4) is 0 Å². The molecule has 7 heteroatoms. The van der Waals surface area contributed by atoms with Crippen LogP contribution in [0.1, 0.15) is 36.0 Å². The maximum absolute atomic E-state index is 13.4. The summed E-state index contributed by atoms with van der Waals surface area (Å²) in [6.45, 7) is 0. The molecule has 2 fully saturated rings. The topological polar surface area (TPSA) is 63.4 Å². The zero-order valence-electron chi connectivity index (χ0n) is 11.2. The lowest BCUT2D eigenvalue weighted by Crippen LogP contribution is -2.47. The molecule has 0 saturated carbocycles. The molecule has 21 heavy (non-hydrogen) atoms. The number of halogens is 2. The van der Waals surface area contributed by atoms with Gasteiger partial charge in [0, 0.05) is 23.0 Å². The van der Waals surface area contributed by atoms with Gasteiger partial charge in [-0.25, -0.2) is 4.39 Å². The smallest absolute Gasteiger partial charge is 0.282 e. The van der Waals surface area contributed by atoms with Gasteiger partial charge in [0.1, 0.15) is 11.4 Å². The SMILES string of the molecule is O=C(c1cc(F)ccc1[N+](=O)[O-])N1C2CCC1CC(Br)C2. The van der Waals surface area contributed by atoms with Crippen LogP contribution in [0.5, 0.6) is 0 Å². The minimum absolute atomic E-state index is 0.0866. The third-order valence-electron chi connectivity index (χ3n) is 4.30. The second-order valence-corrected chi connectivity index (χ2v) is 6.88. The molecule has 1 amide bonds. The van der Waals surface area contributed by atoms with Crippen molar-refractivity contribution in [3.8, 4) is 0 Å². The number of nitrogens with zero attached hydrogens (tertiary/aromatic N) is 2. The Hall–Kier alpha value is -1.50. The summed E-state index contributed by atoms with van der Waals surface area (Å²) >= 11 is 3.59. The molecule has 0 N–H and O–H groups in total. The van der Waals surface area contributed by atoms with Crippen molar-refractivity contribution in [3.05, 3.63) is 39.7 Å². The average molecular weight is 357 g/mol. The van der Waals surface area contributed by atoms with E-state index in [1.807, 2.05) is 0 Å². The first-order valence-corrected chi connectivity index (χ1v) is 7.79. The van der Waals surface area contributed by atoms with Gasteiger partial charge in [-0.2, -0.15) is 0 Å². The first-order chi connectivity index (χ1) is 9.97. The standard InChI is InChI=1S/C14H14BrFN2O3/c15-8-5-10-2-3-11(6-8)17(10)14(19)12-7-9(16)1-4-13(12)18(20)21/h1,4,7-8,10-11H,2-3,5-6H2. The fourth-order valence-corrected chi connectivity index (χ4v) is 4.28. The van der Waals surface area contributed by atoms with Crippen molar-refractivity contribution in [2.45, 2.75) is 42.6 Å². The summed E-state index contributed by atoms with van der Waals surface area (Å²) in [4.78, 5) is 25.2. The number of carbonyl (C=O) groups is 1. The molecule has 2 aliphatic heterocycles. The number of piperidine rings is 1. The molecule has 0 radical (unpaired) electrons. The fourth-order valence-electron chi connectivity index (χ4n) is 3.42. The highest BCUT2D eigenvalue weighted by Crippen LogP contribution is 2.40. The summed E-state index contributed by atoms with van der Waals surface area (Å²) in [7, 11) is 0. The Kier molecular flexibility index (Phi) is 3.69. The molecule has 0 aliphatic carbocycles. The lowest BCUT2D eigenvalue weighted by molar-refractivity contribution is -0.385. The molecular formula is C14H14BrFN2O3. The van der Waals surface area contributed by atoms with Gasteiger partial charge in [0.25, 0.3) is 11.6 Å². The van der Waals surface area contributed by atoms with Gasteiger partial charge in [0.05, 0.1) is 4.92 Å². The first-order valence-electron chi connectivity index (χ1n) is 6.88. The number of carbonyl (C=O) groups excluding carboxylic acids is 1. The predicted octanol–water partition coefficient (Wildman–Crippen LogP) is 3.26. The van der Waals surface area contributed by atoms with Gasteiger partial charge in [-0.3, -0.25) is 14.9 Å². The predicted molar refractivity (Wildman–Crippen MR) is 78.0 cm³/mol. The molecule has 1 aromatic rings. The molecule has 3 rings (SSSR count). The van der Waals surface area contributed by atoms with Crippen molar-refractivity contribution in [2.24, 2.45) is 0 Å². The van der Waals surface area contributed by atoms with Crippen LogP contribution in [-0.2, 0) is 0 Å². The normalized spacial score (nSPS) is 27.7. The summed E-state index contributed by atoms with van der Waals surface area (Å²) in [6, 6.07) is 3.21. The molecule has 2 saturated heterocycles. The molecule has 0 spiro atoms. The van der Waals surface area contributed by atoms with Crippen LogP contribution in [0, 0.1) is 15.9 Å². The summed E-state index contributed by atoms with van der Waals surface area (Å²) in [5.74, 6) is -1.06. The fraction of sp³-hybridized carbons (Fsp3) is 0.500. The van der Waals surface area contributed by atoms with Gasteiger partial charge >= 0.3 is 0 Å². The van der Waals surface area contributed by atoms with Crippen LogP contribution in [0.25, 0.3) is 0 Å². The molecule has 2 aliphatic rings. The maximum Gasteiger partial charge on any atom is 0.282 e. The summed E-state index contributed by atoms with van der Waals surface area (Å²) in [5, 5.41) is 11.1. The Morgan fingerprint density at radius 2 is 1.95 bits per heavy atom. The number of nitro groups is 1. The van der Waals surface area contributed by atoms with Gasteiger partial charge < -0.3 is 4.90 Å². The monoisotopic (exact) mass is 356 g/mol. The number of hydrogen-bond acceptors (Lipinski definition) is 3. The largest absolute Gasteiger partial charge is 0.332 e. The minimum Gasteiger partial charge on any atom is -0.332 e. The first kappa shape index (κ1) is 14.4. The van der Waals surface area contributed by atoms with E-state index < -0.39 is 16.6 Å². The van der Waals surface area contributed by atoms with E-state index in [9.17, 15) is 19.3 Å². The lowest BCUT2D eigenvalue weighted by atomic mass is 10.0. The zero-order valence-corrected chi connectivity index (χ0v) is 12.8. The van der Waals surface area contributed by atoms with Gasteiger partial charge in [-0.05, 0) is 37.8 Å². The molecule has 1 aromatic carbocycles. The molecular weight excluding hydrogens is 343 g/mol. The van der Waals surface area contributed by atoms with Crippen LogP contribution in [0.2, 0.25) is 0 Å². The number of fused-ring (bicyclic) bond motifs is 2. The highest BCUT2D eigenvalue weighted by atomic mass is 79.9.